The van der Waals surface area contributed by atoms with E-state index in [-0.39, 0.29) is 5.56 Å². The molecule has 5 aromatic rings. The van der Waals surface area contributed by atoms with Crippen molar-refractivity contribution in [2.24, 2.45) is 9.98 Å². The Hall–Kier alpha value is -5.23. The van der Waals surface area contributed by atoms with Crippen molar-refractivity contribution in [1.29, 1.82) is 0 Å². The highest BCUT2D eigenvalue weighted by Crippen LogP contribution is 2.39. The van der Waals surface area contributed by atoms with Crippen LogP contribution >= 0.6 is 0 Å². The Kier molecular flexibility index (Phi) is 9.10. The lowest BCUT2D eigenvalue weighted by atomic mass is 9.92. The minimum Gasteiger partial charge on any atom is -0.504 e. The van der Waals surface area contributed by atoms with Crippen LogP contribution in [0.5, 0.6) is 11.5 Å². The normalized spacial score (nSPS) is 13.9. The molecule has 0 saturated heterocycles. The number of aryl methyl sites for hydroxylation is 3. The van der Waals surface area contributed by atoms with Crippen LogP contribution in [0.15, 0.2) is 94.9 Å². The van der Waals surface area contributed by atoms with Crippen molar-refractivity contribution < 1.29 is 20.1 Å². The van der Waals surface area contributed by atoms with Crippen molar-refractivity contribution in [1.82, 2.24) is 0 Å². The summed E-state index contributed by atoms with van der Waals surface area (Å²) in [6.45, 7) is 14.8. The summed E-state index contributed by atoms with van der Waals surface area (Å²) >= 11 is 0. The molecule has 6 nitrogen and oxygen atoms in total. The molecule has 0 fully saturated rings. The fourth-order valence-corrected chi connectivity index (χ4v) is 6.01. The number of aromatic carboxylic acids is 1. The van der Waals surface area contributed by atoms with Gasteiger partial charge in [-0.3, -0.25) is 0 Å². The number of benzene rings is 5. The smallest absolute Gasteiger partial charge is 0.339 e. The van der Waals surface area contributed by atoms with Crippen molar-refractivity contribution >= 4 is 39.5 Å². The minimum atomic E-state index is -1.25. The number of carboxylic acid groups (broad SMARTS) is 1. The van der Waals surface area contributed by atoms with Gasteiger partial charge in [0.15, 0.2) is 11.5 Å². The number of phenolic OH excluding ortho intramolecular Hbond substituents is 1. The lowest BCUT2D eigenvalue weighted by molar-refractivity contribution is 0.0692. The molecular formula is C40H40N2O4. The fourth-order valence-electron chi connectivity index (χ4n) is 6.01. The number of aromatic hydroxyl groups is 2. The summed E-state index contributed by atoms with van der Waals surface area (Å²) < 4.78 is 0. The van der Waals surface area contributed by atoms with Gasteiger partial charge in [0.2, 0.25) is 0 Å². The van der Waals surface area contributed by atoms with Gasteiger partial charge < -0.3 is 15.3 Å². The zero-order valence-electron chi connectivity index (χ0n) is 27.4. The molecule has 0 saturated carbocycles. The highest BCUT2D eigenvalue weighted by atomic mass is 16.4. The number of para-hydroxylation sites is 2. The van der Waals surface area contributed by atoms with Crippen LogP contribution in [0.2, 0.25) is 0 Å². The van der Waals surface area contributed by atoms with E-state index < -0.39 is 17.5 Å². The number of hydrogen-bond donors (Lipinski definition) is 3. The number of rotatable bonds is 5. The minimum absolute atomic E-state index is 0.255. The molecule has 0 aromatic heterocycles. The van der Waals surface area contributed by atoms with Gasteiger partial charge in [0.1, 0.15) is 5.56 Å². The maximum atomic E-state index is 10.5. The van der Waals surface area contributed by atoms with Gasteiger partial charge in [-0.25, -0.2) is 14.8 Å². The number of phenols is 2. The maximum Gasteiger partial charge on any atom is 0.339 e. The predicted octanol–water partition coefficient (Wildman–Crippen LogP) is 10.1. The number of carbonyl (C=O) groups is 1. The first kappa shape index (κ1) is 32.2. The third kappa shape index (κ3) is 6.03. The first-order valence-corrected chi connectivity index (χ1v) is 15.5. The van der Waals surface area contributed by atoms with Crippen LogP contribution in [0.4, 0.5) is 11.4 Å². The van der Waals surface area contributed by atoms with Crippen LogP contribution in [-0.2, 0) is 0 Å². The second kappa shape index (κ2) is 13.0. The Morgan fingerprint density at radius 2 is 1.09 bits per heavy atom. The van der Waals surface area contributed by atoms with Crippen LogP contribution in [0.1, 0.15) is 88.8 Å². The lowest BCUT2D eigenvalue weighted by Gasteiger charge is -2.17. The topological polar surface area (TPSA) is 102 Å². The molecule has 6 heteroatoms. The van der Waals surface area contributed by atoms with E-state index in [1.54, 1.807) is 6.92 Å². The van der Waals surface area contributed by atoms with Crippen molar-refractivity contribution in [2.75, 3.05) is 0 Å². The zero-order valence-corrected chi connectivity index (χ0v) is 27.4. The highest BCUT2D eigenvalue weighted by molar-refractivity contribution is 6.61. The third-order valence-electron chi connectivity index (χ3n) is 8.45. The van der Waals surface area contributed by atoms with Gasteiger partial charge in [0, 0.05) is 16.5 Å². The van der Waals surface area contributed by atoms with E-state index in [2.05, 4.69) is 114 Å². The Balaban J connectivity index is 0.000000293. The third-order valence-corrected chi connectivity index (χ3v) is 8.45. The Morgan fingerprint density at radius 1 is 0.609 bits per heavy atom. The number of hydrogen-bond acceptors (Lipinski definition) is 5. The number of nitrogens with zero attached hydrogens (tertiary/aromatic N) is 2. The standard InChI is InChI=1S/C32H32N2.C8H8O4/c1-19(2)24-15-10-16-25(20(3)4)30(24)34-32-27-18-9-14-23-13-8-17-26(28(23)27)31(32)33-29-21(5)11-7-12-22(29)6;1-4-2-3-5(9)7(10)6(4)8(11)12/h7-20H,1-6H3;2-3,9-10H,1H3,(H,11,12). The van der Waals surface area contributed by atoms with Crippen LogP contribution < -0.4 is 0 Å². The SMILES string of the molecule is Cc1ccc(O)c(O)c1C(=O)O.Cc1cccc(C)c1N=C1C(=Nc2c(C(C)C)cccc2C(C)C)c2cccc3cccc1c23. The van der Waals surface area contributed by atoms with Gasteiger partial charge in [-0.2, -0.15) is 0 Å². The quantitative estimate of drug-likeness (QED) is 0.172. The van der Waals surface area contributed by atoms with E-state index in [1.165, 1.54) is 56.3 Å². The first-order valence-electron chi connectivity index (χ1n) is 15.5. The van der Waals surface area contributed by atoms with E-state index >= 15 is 0 Å². The van der Waals surface area contributed by atoms with E-state index in [0.29, 0.717) is 17.4 Å². The zero-order chi connectivity index (χ0) is 33.3. The van der Waals surface area contributed by atoms with Gasteiger partial charge in [0.25, 0.3) is 0 Å². The molecule has 234 valence electrons. The molecule has 0 radical (unpaired) electrons. The van der Waals surface area contributed by atoms with Crippen LogP contribution in [0.3, 0.4) is 0 Å². The molecule has 0 amide bonds. The lowest BCUT2D eigenvalue weighted by Crippen LogP contribution is -2.11. The molecule has 46 heavy (non-hydrogen) atoms. The summed E-state index contributed by atoms with van der Waals surface area (Å²) in [5.74, 6) is -1.48. The van der Waals surface area contributed by atoms with Gasteiger partial charge in [-0.15, -0.1) is 0 Å². The molecule has 3 N–H and O–H groups in total. The summed E-state index contributed by atoms with van der Waals surface area (Å²) in [7, 11) is 0. The van der Waals surface area contributed by atoms with Crippen LogP contribution in [0, 0.1) is 20.8 Å². The van der Waals surface area contributed by atoms with Crippen LogP contribution in [0.25, 0.3) is 10.8 Å². The number of aliphatic imine (C=N–C) groups is 2. The molecule has 0 aliphatic heterocycles. The van der Waals surface area contributed by atoms with Gasteiger partial charge in [-0.1, -0.05) is 107 Å². The Morgan fingerprint density at radius 3 is 1.57 bits per heavy atom. The van der Waals surface area contributed by atoms with Gasteiger partial charge in [-0.05, 0) is 71.9 Å². The number of carboxylic acids is 1. The summed E-state index contributed by atoms with van der Waals surface area (Å²) in [6.07, 6.45) is 0. The summed E-state index contributed by atoms with van der Waals surface area (Å²) in [6, 6.07) is 28.7. The predicted molar refractivity (Wildman–Crippen MR) is 188 cm³/mol. The molecule has 0 spiro atoms. The molecule has 1 aliphatic carbocycles. The molecule has 0 unspecified atom stereocenters. The van der Waals surface area contributed by atoms with E-state index in [4.69, 9.17) is 25.3 Å². The van der Waals surface area contributed by atoms with Crippen LogP contribution in [-0.4, -0.2) is 32.7 Å². The summed E-state index contributed by atoms with van der Waals surface area (Å²) in [5.41, 5.74) is 11.5. The van der Waals surface area contributed by atoms with Crippen molar-refractivity contribution in [3.63, 3.8) is 0 Å². The van der Waals surface area contributed by atoms with E-state index in [9.17, 15) is 4.79 Å². The Bertz CT molecular complexity index is 1980. The van der Waals surface area contributed by atoms with Crippen molar-refractivity contribution in [3.05, 3.63) is 129 Å². The average Bonchev–Trinajstić information content (AvgIpc) is 3.30. The van der Waals surface area contributed by atoms with Gasteiger partial charge in [0.05, 0.1) is 22.8 Å². The van der Waals surface area contributed by atoms with E-state index in [0.717, 1.165) is 22.8 Å². The fraction of sp³-hybridized carbons (Fsp3) is 0.225. The molecule has 5 aromatic carbocycles. The summed E-state index contributed by atoms with van der Waals surface area (Å²) in [5, 5.41) is 29.2. The summed E-state index contributed by atoms with van der Waals surface area (Å²) in [4.78, 5) is 21.3. The first-order chi connectivity index (χ1) is 21.9. The second-order valence-corrected chi connectivity index (χ2v) is 12.4. The molecule has 0 heterocycles. The van der Waals surface area contributed by atoms with E-state index in [1.807, 2.05) is 0 Å². The largest absolute Gasteiger partial charge is 0.504 e. The Labute approximate surface area is 270 Å². The highest BCUT2D eigenvalue weighted by Gasteiger charge is 2.28. The second-order valence-electron chi connectivity index (χ2n) is 12.4. The molecule has 0 atom stereocenters. The molecule has 0 bridgehead atoms. The maximum absolute atomic E-state index is 10.5. The van der Waals surface area contributed by atoms with Gasteiger partial charge >= 0.3 is 5.97 Å². The molecular weight excluding hydrogens is 572 g/mol. The monoisotopic (exact) mass is 612 g/mol. The van der Waals surface area contributed by atoms with Crippen molar-refractivity contribution in [2.45, 2.75) is 60.3 Å². The molecule has 1 aliphatic rings. The molecule has 6 rings (SSSR count). The van der Waals surface area contributed by atoms with Crippen molar-refractivity contribution in [3.8, 4) is 11.5 Å². The average molecular weight is 613 g/mol.